The van der Waals surface area contributed by atoms with E-state index in [0.29, 0.717) is 6.54 Å². The van der Waals surface area contributed by atoms with Crippen LogP contribution in [-0.2, 0) is 6.54 Å². The van der Waals surface area contributed by atoms with Crippen molar-refractivity contribution in [2.45, 2.75) is 6.54 Å². The monoisotopic (exact) mass is 295 g/mol. The molecule has 0 amide bonds. The fourth-order valence-electron chi connectivity index (χ4n) is 1.37. The molecule has 0 radical (unpaired) electrons. The molecule has 0 N–H and O–H groups in total. The van der Waals surface area contributed by atoms with Crippen molar-refractivity contribution < 1.29 is 26.6 Å². The number of halogens is 1. The maximum absolute atomic E-state index is 10.5. The van der Waals surface area contributed by atoms with Crippen LogP contribution in [0.3, 0.4) is 0 Å². The molecular weight excluding hydrogens is 286 g/mol. The van der Waals surface area contributed by atoms with E-state index < -0.39 is 4.92 Å². The van der Waals surface area contributed by atoms with Gasteiger partial charge in [-0.1, -0.05) is 4.68 Å². The van der Waals surface area contributed by atoms with Gasteiger partial charge in [-0.05, 0) is 23.3 Å². The summed E-state index contributed by atoms with van der Waals surface area (Å²) >= 11 is 0. The van der Waals surface area contributed by atoms with Crippen molar-refractivity contribution in [3.05, 3.63) is 64.5 Å². The molecule has 0 saturated heterocycles. The van der Waals surface area contributed by atoms with Crippen LogP contribution in [-0.4, -0.2) is 10.0 Å². The molecule has 88 valence electrons. The Bertz CT molecular complexity index is 488. The summed E-state index contributed by atoms with van der Waals surface area (Å²) in [5.74, 6) is 0. The van der Waals surface area contributed by atoms with E-state index in [0.717, 1.165) is 5.56 Å². The Hall–Kier alpha value is -1.82. The molecule has 1 aromatic heterocycles. The number of non-ortho nitro benzene ring substituents is 1. The first-order valence-electron chi connectivity index (χ1n) is 4.80. The Labute approximate surface area is 109 Å². The maximum Gasteiger partial charge on any atom is 0.269 e. The third kappa shape index (κ3) is 3.60. The van der Waals surface area contributed by atoms with Crippen molar-refractivity contribution >= 4 is 5.69 Å². The van der Waals surface area contributed by atoms with Crippen molar-refractivity contribution in [2.75, 3.05) is 0 Å². The lowest BCUT2D eigenvalue weighted by Gasteiger charge is -1.95. The Balaban J connectivity index is 0.00000144. The van der Waals surface area contributed by atoms with Gasteiger partial charge >= 0.3 is 0 Å². The molecule has 2 aromatic rings. The van der Waals surface area contributed by atoms with E-state index in [2.05, 4.69) is 5.10 Å². The molecule has 0 spiro atoms. The van der Waals surface area contributed by atoms with Gasteiger partial charge in [-0.2, -0.15) is 0 Å². The fraction of sp³-hybridized carbons (Fsp3) is 0.0909. The van der Waals surface area contributed by atoms with Gasteiger partial charge in [0.1, 0.15) is 0 Å². The Kier molecular flexibility index (Phi) is 4.71. The van der Waals surface area contributed by atoms with Gasteiger partial charge < -0.3 is 17.0 Å². The molecule has 0 aliphatic carbocycles. The van der Waals surface area contributed by atoms with Crippen LogP contribution in [0.15, 0.2) is 48.8 Å². The molecule has 2 rings (SSSR count). The fourth-order valence-corrected chi connectivity index (χ4v) is 1.37. The zero-order valence-corrected chi connectivity index (χ0v) is 10.4. The van der Waals surface area contributed by atoms with Crippen molar-refractivity contribution in [3.8, 4) is 0 Å². The maximum atomic E-state index is 10.5. The topological polar surface area (TPSA) is 59.9 Å². The van der Waals surface area contributed by atoms with Crippen LogP contribution in [0.2, 0.25) is 0 Å². The van der Waals surface area contributed by atoms with Crippen molar-refractivity contribution in [1.82, 2.24) is 5.10 Å². The van der Waals surface area contributed by atoms with Gasteiger partial charge in [-0.15, -0.1) is 0 Å². The molecule has 0 saturated carbocycles. The second-order valence-corrected chi connectivity index (χ2v) is 3.32. The molecule has 0 aliphatic rings. The molecule has 5 nitrogen and oxygen atoms in total. The standard InChI is InChI=1S/C11H10N3O2.BrH/c15-14(16)11-5-3-10(4-6-11)9-13-8-2-1-7-12-13;/h1-8H,9H2;1H/q+1;/p-1. The minimum atomic E-state index is -0.405. The van der Waals surface area contributed by atoms with E-state index in [1.165, 1.54) is 12.1 Å². The zero-order chi connectivity index (χ0) is 11.4. The minimum absolute atomic E-state index is 0. The molecule has 6 heteroatoms. The highest BCUT2D eigenvalue weighted by Crippen LogP contribution is 2.11. The minimum Gasteiger partial charge on any atom is -1.00 e. The van der Waals surface area contributed by atoms with Gasteiger partial charge in [-0.25, -0.2) is 0 Å². The summed E-state index contributed by atoms with van der Waals surface area (Å²) in [5.41, 5.74) is 1.09. The second-order valence-electron chi connectivity index (χ2n) is 3.32. The summed E-state index contributed by atoms with van der Waals surface area (Å²) in [6, 6.07) is 10.2. The Morgan fingerprint density at radius 2 is 1.94 bits per heavy atom. The van der Waals surface area contributed by atoms with Gasteiger partial charge in [0.25, 0.3) is 5.69 Å². The predicted octanol–water partition coefficient (Wildman–Crippen LogP) is -1.67. The van der Waals surface area contributed by atoms with Gasteiger partial charge in [-0.3, -0.25) is 10.1 Å². The SMILES string of the molecule is O=[N+]([O-])c1ccc(C[n+]2ccccn2)cc1.[Br-]. The molecule has 1 heterocycles. The molecule has 0 atom stereocenters. The zero-order valence-electron chi connectivity index (χ0n) is 8.86. The summed E-state index contributed by atoms with van der Waals surface area (Å²) < 4.78 is 1.77. The lowest BCUT2D eigenvalue weighted by molar-refractivity contribution is -0.746. The molecule has 1 aromatic carbocycles. The van der Waals surface area contributed by atoms with Crippen LogP contribution in [0.25, 0.3) is 0 Å². The van der Waals surface area contributed by atoms with Crippen LogP contribution >= 0.6 is 0 Å². The average molecular weight is 296 g/mol. The largest absolute Gasteiger partial charge is 1.00 e. The highest BCUT2D eigenvalue weighted by Gasteiger charge is 2.07. The van der Waals surface area contributed by atoms with Crippen LogP contribution in [0, 0.1) is 10.1 Å². The van der Waals surface area contributed by atoms with Gasteiger partial charge in [0, 0.05) is 23.8 Å². The average Bonchev–Trinajstić information content (AvgIpc) is 2.31. The second kappa shape index (κ2) is 6.05. The van der Waals surface area contributed by atoms with Crippen LogP contribution in [0.4, 0.5) is 5.69 Å². The number of benzene rings is 1. The lowest BCUT2D eigenvalue weighted by Crippen LogP contribution is -3.00. The van der Waals surface area contributed by atoms with Crippen molar-refractivity contribution in [3.63, 3.8) is 0 Å². The normalized spacial score (nSPS) is 9.41. The summed E-state index contributed by atoms with van der Waals surface area (Å²) in [4.78, 5) is 10.1. The van der Waals surface area contributed by atoms with E-state index in [-0.39, 0.29) is 22.7 Å². The van der Waals surface area contributed by atoms with E-state index in [9.17, 15) is 10.1 Å². The summed E-state index contributed by atoms with van der Waals surface area (Å²) in [7, 11) is 0. The Morgan fingerprint density at radius 3 is 2.47 bits per heavy atom. The number of nitrogens with zero attached hydrogens (tertiary/aromatic N) is 3. The van der Waals surface area contributed by atoms with Gasteiger partial charge in [0.15, 0.2) is 12.7 Å². The number of nitro benzene ring substituents is 1. The first-order chi connectivity index (χ1) is 7.75. The molecule has 0 unspecified atom stereocenters. The molecule has 0 bridgehead atoms. The van der Waals surface area contributed by atoms with Crippen LogP contribution in [0.5, 0.6) is 0 Å². The van der Waals surface area contributed by atoms with E-state index in [1.807, 2.05) is 18.3 Å². The molecule has 0 fully saturated rings. The van der Waals surface area contributed by atoms with Gasteiger partial charge in [0.2, 0.25) is 0 Å². The molecular formula is C11H10BrN3O2. The lowest BCUT2D eigenvalue weighted by atomic mass is 10.2. The number of rotatable bonds is 3. The van der Waals surface area contributed by atoms with Crippen LogP contribution < -0.4 is 21.7 Å². The highest BCUT2D eigenvalue weighted by atomic mass is 79.9. The quantitative estimate of drug-likeness (QED) is 0.386. The smallest absolute Gasteiger partial charge is 0.269 e. The van der Waals surface area contributed by atoms with Crippen molar-refractivity contribution in [2.24, 2.45) is 0 Å². The Morgan fingerprint density at radius 1 is 1.24 bits per heavy atom. The summed E-state index contributed by atoms with van der Waals surface area (Å²) in [5, 5.41) is 14.6. The predicted molar refractivity (Wildman–Crippen MR) is 56.6 cm³/mol. The summed E-state index contributed by atoms with van der Waals surface area (Å²) in [6.07, 6.45) is 3.55. The number of hydrogen-bond donors (Lipinski definition) is 0. The van der Waals surface area contributed by atoms with Gasteiger partial charge in [0.05, 0.1) is 11.1 Å². The van der Waals surface area contributed by atoms with E-state index in [1.54, 1.807) is 23.0 Å². The third-order valence-corrected chi connectivity index (χ3v) is 2.16. The molecule has 17 heavy (non-hydrogen) atoms. The first-order valence-corrected chi connectivity index (χ1v) is 4.80. The highest BCUT2D eigenvalue weighted by molar-refractivity contribution is 5.32. The van der Waals surface area contributed by atoms with Crippen LogP contribution in [0.1, 0.15) is 5.56 Å². The van der Waals surface area contributed by atoms with Crippen molar-refractivity contribution in [1.29, 1.82) is 0 Å². The molecule has 0 aliphatic heterocycles. The van der Waals surface area contributed by atoms with E-state index >= 15 is 0 Å². The number of nitro groups is 1. The first kappa shape index (κ1) is 13.2. The van der Waals surface area contributed by atoms with E-state index in [4.69, 9.17) is 0 Å². The third-order valence-electron chi connectivity index (χ3n) is 2.16. The number of hydrogen-bond acceptors (Lipinski definition) is 3. The summed E-state index contributed by atoms with van der Waals surface area (Å²) in [6.45, 7) is 0.610. The number of aromatic nitrogens is 2.